The van der Waals surface area contributed by atoms with Crippen molar-refractivity contribution in [2.75, 3.05) is 5.32 Å². The van der Waals surface area contributed by atoms with E-state index in [1.165, 1.54) is 24.2 Å². The van der Waals surface area contributed by atoms with Crippen molar-refractivity contribution in [1.29, 1.82) is 0 Å². The van der Waals surface area contributed by atoms with Gasteiger partial charge in [0.15, 0.2) is 16.8 Å². The van der Waals surface area contributed by atoms with Gasteiger partial charge in [-0.25, -0.2) is 0 Å². The first-order valence-electron chi connectivity index (χ1n) is 11.4. The Morgan fingerprint density at radius 1 is 1.12 bits per heavy atom. The van der Waals surface area contributed by atoms with E-state index in [9.17, 15) is 13.2 Å². The maximum atomic E-state index is 13.1. The minimum absolute atomic E-state index is 0.198. The molecule has 184 valence electrons. The van der Waals surface area contributed by atoms with Gasteiger partial charge in [0.05, 0.1) is 17.9 Å². The molecule has 7 nitrogen and oxygen atoms in total. The van der Waals surface area contributed by atoms with Gasteiger partial charge in [-0.05, 0) is 31.0 Å². The van der Waals surface area contributed by atoms with Crippen molar-refractivity contribution in [1.82, 2.24) is 24.9 Å². The van der Waals surface area contributed by atoms with Crippen LogP contribution in [-0.4, -0.2) is 24.9 Å². The molecule has 1 aromatic carbocycles. The molecule has 0 aliphatic heterocycles. The highest BCUT2D eigenvalue weighted by atomic mass is 32.2. The lowest BCUT2D eigenvalue weighted by Gasteiger charge is -2.25. The van der Waals surface area contributed by atoms with Gasteiger partial charge in [-0.3, -0.25) is 0 Å². The van der Waals surface area contributed by atoms with E-state index in [0.29, 0.717) is 29.0 Å². The van der Waals surface area contributed by atoms with Gasteiger partial charge in [0.1, 0.15) is 0 Å². The minimum Gasteiger partial charge on any atom is -0.378 e. The highest BCUT2D eigenvalue weighted by molar-refractivity contribution is 7.98. The molecule has 1 aliphatic carbocycles. The molecule has 2 aromatic heterocycles. The molecule has 0 saturated heterocycles. The summed E-state index contributed by atoms with van der Waals surface area (Å²) >= 11 is 1.48. The lowest BCUT2D eigenvalue weighted by Crippen LogP contribution is -2.18. The smallest absolute Gasteiger partial charge is 0.378 e. The normalized spacial score (nSPS) is 15.6. The first-order valence-corrected chi connectivity index (χ1v) is 12.4. The number of hydrogen-bond acceptors (Lipinski definition) is 7. The number of aromatic nitrogens is 5. The van der Waals surface area contributed by atoms with Gasteiger partial charge in [0.25, 0.3) is 0 Å². The summed E-state index contributed by atoms with van der Waals surface area (Å²) in [6, 6.07) is 5.45. The standard InChI is InChI=1S/C23H29F3N6OS/c1-22(2,3)20-28-19(33-31-20)14-34-21-30-29-18(32(21)17-10-5-4-6-11-17)13-27-16-9-7-8-15(12-16)23(24,25)26/h7-9,12,17,27H,4-6,10-11,13-14H2,1-3H3. The summed E-state index contributed by atoms with van der Waals surface area (Å²) in [7, 11) is 0. The van der Waals surface area contributed by atoms with Crippen molar-refractivity contribution >= 4 is 17.4 Å². The molecule has 0 atom stereocenters. The minimum atomic E-state index is -4.38. The zero-order chi connectivity index (χ0) is 24.3. The monoisotopic (exact) mass is 494 g/mol. The third-order valence-corrected chi connectivity index (χ3v) is 6.71. The molecule has 4 rings (SSSR count). The van der Waals surface area contributed by atoms with Crippen molar-refractivity contribution in [3.8, 4) is 0 Å². The SMILES string of the molecule is CC(C)(C)c1noc(CSc2nnc(CNc3cccc(C(F)(F)F)c3)n2C2CCCCC2)n1. The molecule has 0 unspecified atom stereocenters. The first kappa shape index (κ1) is 24.6. The molecule has 0 amide bonds. The molecular formula is C23H29F3N6OS. The topological polar surface area (TPSA) is 81.7 Å². The van der Waals surface area contributed by atoms with Crippen molar-refractivity contribution in [2.45, 2.75) is 88.0 Å². The van der Waals surface area contributed by atoms with Crippen molar-refractivity contribution in [3.63, 3.8) is 0 Å². The zero-order valence-electron chi connectivity index (χ0n) is 19.5. The summed E-state index contributed by atoms with van der Waals surface area (Å²) in [5, 5.41) is 16.7. The number of hydrogen-bond donors (Lipinski definition) is 1. The van der Waals surface area contributed by atoms with Crippen LogP contribution in [0.5, 0.6) is 0 Å². The van der Waals surface area contributed by atoms with Crippen LogP contribution in [0.2, 0.25) is 0 Å². The number of rotatable bonds is 7. The average Bonchev–Trinajstić information content (AvgIpc) is 3.43. The van der Waals surface area contributed by atoms with Crippen LogP contribution in [0.15, 0.2) is 33.9 Å². The molecule has 3 aromatic rings. The molecule has 1 fully saturated rings. The van der Waals surface area contributed by atoms with Gasteiger partial charge in [-0.2, -0.15) is 18.2 Å². The number of alkyl halides is 3. The van der Waals surface area contributed by atoms with E-state index in [4.69, 9.17) is 4.52 Å². The number of halogens is 3. The van der Waals surface area contributed by atoms with Crippen molar-refractivity contribution in [3.05, 3.63) is 47.4 Å². The fourth-order valence-corrected chi connectivity index (χ4v) is 4.83. The summed E-state index contributed by atoms with van der Waals surface area (Å²) < 4.78 is 46.7. The van der Waals surface area contributed by atoms with Crippen LogP contribution >= 0.6 is 11.8 Å². The van der Waals surface area contributed by atoms with E-state index < -0.39 is 11.7 Å². The Labute approximate surface area is 200 Å². The van der Waals surface area contributed by atoms with Crippen LogP contribution in [0.3, 0.4) is 0 Å². The molecule has 11 heteroatoms. The molecule has 34 heavy (non-hydrogen) atoms. The fourth-order valence-electron chi connectivity index (χ4n) is 3.96. The molecule has 0 radical (unpaired) electrons. The van der Waals surface area contributed by atoms with E-state index in [1.54, 1.807) is 6.07 Å². The second kappa shape index (κ2) is 9.97. The zero-order valence-corrected chi connectivity index (χ0v) is 20.3. The van der Waals surface area contributed by atoms with Crippen LogP contribution in [0.1, 0.15) is 82.0 Å². The van der Waals surface area contributed by atoms with E-state index in [2.05, 4.69) is 30.2 Å². The molecule has 1 N–H and O–H groups in total. The van der Waals surface area contributed by atoms with E-state index in [0.717, 1.165) is 43.0 Å². The van der Waals surface area contributed by atoms with E-state index >= 15 is 0 Å². The third kappa shape index (κ3) is 5.92. The second-order valence-electron chi connectivity index (χ2n) is 9.54. The van der Waals surface area contributed by atoms with Gasteiger partial charge in [-0.1, -0.05) is 63.0 Å². The Bertz CT molecular complexity index is 1100. The Morgan fingerprint density at radius 2 is 1.88 bits per heavy atom. The summed E-state index contributed by atoms with van der Waals surface area (Å²) in [6.45, 7) is 6.36. The highest BCUT2D eigenvalue weighted by Gasteiger charge is 2.30. The average molecular weight is 495 g/mol. The van der Waals surface area contributed by atoms with Crippen LogP contribution in [0.25, 0.3) is 0 Å². The van der Waals surface area contributed by atoms with Crippen LogP contribution in [0, 0.1) is 0 Å². The summed E-state index contributed by atoms with van der Waals surface area (Å²) in [6.07, 6.45) is 1.13. The number of nitrogens with one attached hydrogen (secondary N) is 1. The summed E-state index contributed by atoms with van der Waals surface area (Å²) in [5.41, 5.74) is -0.490. The van der Waals surface area contributed by atoms with Crippen LogP contribution in [0.4, 0.5) is 18.9 Å². The number of nitrogens with zero attached hydrogens (tertiary/aromatic N) is 5. The Hall–Kier alpha value is -2.56. The predicted octanol–water partition coefficient (Wildman–Crippen LogP) is 6.39. The van der Waals surface area contributed by atoms with Crippen molar-refractivity contribution in [2.24, 2.45) is 0 Å². The Balaban J connectivity index is 1.51. The Kier molecular flexibility index (Phi) is 7.20. The lowest BCUT2D eigenvalue weighted by atomic mass is 9.95. The molecule has 0 spiro atoms. The molecular weight excluding hydrogens is 465 g/mol. The maximum Gasteiger partial charge on any atom is 0.416 e. The predicted molar refractivity (Wildman–Crippen MR) is 123 cm³/mol. The van der Waals surface area contributed by atoms with E-state index in [1.807, 2.05) is 20.8 Å². The maximum absolute atomic E-state index is 13.1. The van der Waals surface area contributed by atoms with Gasteiger partial charge in [0.2, 0.25) is 5.89 Å². The third-order valence-electron chi connectivity index (χ3n) is 5.78. The van der Waals surface area contributed by atoms with Gasteiger partial charge < -0.3 is 14.4 Å². The summed E-state index contributed by atoms with van der Waals surface area (Å²) in [5.74, 6) is 2.35. The van der Waals surface area contributed by atoms with Gasteiger partial charge in [0, 0.05) is 17.1 Å². The lowest BCUT2D eigenvalue weighted by molar-refractivity contribution is -0.137. The molecule has 1 aliphatic rings. The highest BCUT2D eigenvalue weighted by Crippen LogP contribution is 2.34. The number of benzene rings is 1. The molecule has 1 saturated carbocycles. The quantitative estimate of drug-likeness (QED) is 0.381. The first-order chi connectivity index (χ1) is 16.1. The molecule has 2 heterocycles. The Morgan fingerprint density at radius 3 is 2.56 bits per heavy atom. The van der Waals surface area contributed by atoms with Gasteiger partial charge >= 0.3 is 6.18 Å². The fraction of sp³-hybridized carbons (Fsp3) is 0.565. The number of anilines is 1. The number of thioether (sulfide) groups is 1. The molecule has 0 bridgehead atoms. The van der Waals surface area contributed by atoms with Crippen LogP contribution < -0.4 is 5.32 Å². The summed E-state index contributed by atoms with van der Waals surface area (Å²) in [4.78, 5) is 4.49. The second-order valence-corrected chi connectivity index (χ2v) is 10.5. The largest absolute Gasteiger partial charge is 0.416 e. The van der Waals surface area contributed by atoms with Crippen LogP contribution in [-0.2, 0) is 23.9 Å². The van der Waals surface area contributed by atoms with Crippen molar-refractivity contribution < 1.29 is 17.7 Å². The van der Waals surface area contributed by atoms with Gasteiger partial charge in [-0.15, -0.1) is 10.2 Å². The van der Waals surface area contributed by atoms with E-state index in [-0.39, 0.29) is 18.0 Å².